The number of aromatic nitrogens is 1. The minimum atomic E-state index is -0.968. The van der Waals surface area contributed by atoms with Gasteiger partial charge in [0.05, 0.1) is 0 Å². The average molecular weight is 254 g/mol. The number of carbonyl (C=O) groups is 1. The molecule has 17 heavy (non-hydrogen) atoms. The molecule has 0 aliphatic rings. The van der Waals surface area contributed by atoms with E-state index in [-0.39, 0.29) is 0 Å². The summed E-state index contributed by atoms with van der Waals surface area (Å²) in [6.45, 7) is 5.68. The van der Waals surface area contributed by atoms with Gasteiger partial charge in [0, 0.05) is 22.9 Å². The maximum Gasteiger partial charge on any atom is 0.321 e. The van der Waals surface area contributed by atoms with Crippen molar-refractivity contribution in [3.63, 3.8) is 0 Å². The molecule has 5 heteroatoms. The van der Waals surface area contributed by atoms with Crippen molar-refractivity contribution in [3.05, 3.63) is 29.6 Å². The van der Waals surface area contributed by atoms with E-state index < -0.39 is 16.8 Å². The van der Waals surface area contributed by atoms with Crippen molar-refractivity contribution in [2.45, 2.75) is 37.3 Å². The van der Waals surface area contributed by atoms with E-state index in [0.29, 0.717) is 5.75 Å². The maximum absolute atomic E-state index is 10.9. The van der Waals surface area contributed by atoms with E-state index in [1.165, 1.54) is 11.8 Å². The van der Waals surface area contributed by atoms with Crippen molar-refractivity contribution in [2.24, 2.45) is 5.73 Å². The molecule has 0 saturated carbocycles. The Labute approximate surface area is 106 Å². The number of hydrogen-bond donors (Lipinski definition) is 2. The summed E-state index contributed by atoms with van der Waals surface area (Å²) in [4.78, 5) is 15.0. The van der Waals surface area contributed by atoms with Gasteiger partial charge in [-0.15, -0.1) is 11.8 Å². The second-order valence-corrected chi connectivity index (χ2v) is 6.21. The number of carboxylic acid groups (broad SMARTS) is 1. The van der Waals surface area contributed by atoms with Crippen LogP contribution in [0.1, 0.15) is 25.0 Å². The van der Waals surface area contributed by atoms with Crippen molar-refractivity contribution in [2.75, 3.05) is 0 Å². The first-order valence-electron chi connectivity index (χ1n) is 5.36. The Morgan fingerprint density at radius 3 is 2.76 bits per heavy atom. The SMILES string of the molecule is Cc1cncc(CSC(C)(C)[C@H](N)C(=O)O)c1. The fraction of sp³-hybridized carbons (Fsp3) is 0.500. The van der Waals surface area contributed by atoms with E-state index in [2.05, 4.69) is 4.98 Å². The molecule has 1 aromatic rings. The van der Waals surface area contributed by atoms with Crippen molar-refractivity contribution in [1.29, 1.82) is 0 Å². The van der Waals surface area contributed by atoms with Crippen LogP contribution >= 0.6 is 11.8 Å². The van der Waals surface area contributed by atoms with Gasteiger partial charge in [0.15, 0.2) is 0 Å². The van der Waals surface area contributed by atoms with Gasteiger partial charge >= 0.3 is 5.97 Å². The molecule has 0 spiro atoms. The van der Waals surface area contributed by atoms with Gasteiger partial charge in [-0.2, -0.15) is 0 Å². The van der Waals surface area contributed by atoms with Crippen molar-refractivity contribution >= 4 is 17.7 Å². The predicted octanol–water partition coefficient (Wildman–Crippen LogP) is 1.81. The number of rotatable bonds is 5. The molecule has 3 N–H and O–H groups in total. The zero-order chi connectivity index (χ0) is 13.1. The molecule has 0 aliphatic carbocycles. The molecule has 0 bridgehead atoms. The molecular formula is C12H18N2O2S. The van der Waals surface area contributed by atoms with Crippen LogP contribution in [0.2, 0.25) is 0 Å². The largest absolute Gasteiger partial charge is 0.480 e. The van der Waals surface area contributed by atoms with Gasteiger partial charge in [-0.3, -0.25) is 9.78 Å². The van der Waals surface area contributed by atoms with Crippen molar-refractivity contribution in [3.8, 4) is 0 Å². The molecule has 0 saturated heterocycles. The molecule has 0 unspecified atom stereocenters. The summed E-state index contributed by atoms with van der Waals surface area (Å²) < 4.78 is -0.504. The first kappa shape index (κ1) is 14.0. The summed E-state index contributed by atoms with van der Waals surface area (Å²) in [5, 5.41) is 8.91. The van der Waals surface area contributed by atoms with Gasteiger partial charge in [-0.05, 0) is 31.9 Å². The van der Waals surface area contributed by atoms with Gasteiger partial charge < -0.3 is 10.8 Å². The quantitative estimate of drug-likeness (QED) is 0.838. The highest BCUT2D eigenvalue weighted by Gasteiger charge is 2.32. The minimum absolute atomic E-state index is 0.504. The summed E-state index contributed by atoms with van der Waals surface area (Å²) in [5.41, 5.74) is 7.84. The number of pyridine rings is 1. The monoisotopic (exact) mass is 254 g/mol. The molecule has 1 aromatic heterocycles. The lowest BCUT2D eigenvalue weighted by Gasteiger charge is -2.27. The van der Waals surface area contributed by atoms with Crippen LogP contribution in [0.25, 0.3) is 0 Å². The fourth-order valence-electron chi connectivity index (χ4n) is 1.35. The molecule has 0 radical (unpaired) electrons. The van der Waals surface area contributed by atoms with E-state index >= 15 is 0 Å². The molecule has 0 aliphatic heterocycles. The molecule has 1 heterocycles. The summed E-state index contributed by atoms with van der Waals surface area (Å²) in [6.07, 6.45) is 3.59. The second kappa shape index (κ2) is 5.51. The number of aryl methyl sites for hydroxylation is 1. The first-order valence-corrected chi connectivity index (χ1v) is 6.34. The lowest BCUT2D eigenvalue weighted by Crippen LogP contribution is -2.46. The number of hydrogen-bond acceptors (Lipinski definition) is 4. The van der Waals surface area contributed by atoms with Gasteiger partial charge in [0.1, 0.15) is 6.04 Å². The van der Waals surface area contributed by atoms with E-state index in [1.54, 1.807) is 12.4 Å². The van der Waals surface area contributed by atoms with Crippen molar-refractivity contribution < 1.29 is 9.90 Å². The third kappa shape index (κ3) is 4.02. The van der Waals surface area contributed by atoms with E-state index in [0.717, 1.165) is 11.1 Å². The fourth-order valence-corrected chi connectivity index (χ4v) is 2.33. The lowest BCUT2D eigenvalue weighted by atomic mass is 10.1. The van der Waals surface area contributed by atoms with E-state index in [1.807, 2.05) is 26.8 Å². The van der Waals surface area contributed by atoms with Crippen LogP contribution in [0, 0.1) is 6.92 Å². The highest BCUT2D eigenvalue weighted by Crippen LogP contribution is 2.30. The number of nitrogens with two attached hydrogens (primary N) is 1. The Bertz CT molecular complexity index is 407. The van der Waals surface area contributed by atoms with Gasteiger partial charge in [-0.25, -0.2) is 0 Å². The van der Waals surface area contributed by atoms with Crippen LogP contribution < -0.4 is 5.73 Å². The standard InChI is InChI=1S/C12H18N2O2S/c1-8-4-9(6-14-5-8)7-17-12(2,3)10(13)11(15)16/h4-6,10H,7,13H2,1-3H3,(H,15,16)/t10-/m1/s1. The maximum atomic E-state index is 10.9. The molecule has 0 fully saturated rings. The highest BCUT2D eigenvalue weighted by atomic mass is 32.2. The average Bonchev–Trinajstić information content (AvgIpc) is 2.25. The van der Waals surface area contributed by atoms with Crippen LogP contribution in [-0.2, 0) is 10.5 Å². The lowest BCUT2D eigenvalue weighted by molar-refractivity contribution is -0.139. The Balaban J connectivity index is 2.64. The van der Waals surface area contributed by atoms with Crippen molar-refractivity contribution in [1.82, 2.24) is 4.98 Å². The van der Waals surface area contributed by atoms with Gasteiger partial charge in [0.25, 0.3) is 0 Å². The zero-order valence-electron chi connectivity index (χ0n) is 10.3. The third-order valence-corrected chi connectivity index (χ3v) is 4.03. The highest BCUT2D eigenvalue weighted by molar-refractivity contribution is 7.99. The molecule has 1 rings (SSSR count). The molecule has 4 nitrogen and oxygen atoms in total. The summed E-state index contributed by atoms with van der Waals surface area (Å²) in [5.74, 6) is -0.257. The second-order valence-electron chi connectivity index (χ2n) is 4.58. The zero-order valence-corrected chi connectivity index (χ0v) is 11.1. The van der Waals surface area contributed by atoms with Gasteiger partial charge in [-0.1, -0.05) is 6.07 Å². The Morgan fingerprint density at radius 2 is 2.24 bits per heavy atom. The van der Waals surface area contributed by atoms with Gasteiger partial charge in [0.2, 0.25) is 0 Å². The topological polar surface area (TPSA) is 76.2 Å². The molecule has 94 valence electrons. The molecule has 0 amide bonds. The van der Waals surface area contributed by atoms with Crippen LogP contribution in [0.15, 0.2) is 18.5 Å². The Hall–Kier alpha value is -1.07. The summed E-state index contributed by atoms with van der Waals surface area (Å²) >= 11 is 1.53. The number of thioether (sulfide) groups is 1. The number of carboxylic acids is 1. The smallest absolute Gasteiger partial charge is 0.321 e. The summed E-state index contributed by atoms with van der Waals surface area (Å²) in [7, 11) is 0. The predicted molar refractivity (Wildman–Crippen MR) is 70.0 cm³/mol. The van der Waals surface area contributed by atoms with Crippen LogP contribution in [0.4, 0.5) is 0 Å². The van der Waals surface area contributed by atoms with E-state index in [9.17, 15) is 4.79 Å². The molecule has 1 atom stereocenters. The molecule has 0 aromatic carbocycles. The van der Waals surface area contributed by atoms with E-state index in [4.69, 9.17) is 10.8 Å². The Kier molecular flexibility index (Phi) is 4.54. The molecular weight excluding hydrogens is 236 g/mol. The first-order chi connectivity index (χ1) is 7.83. The normalized spacial score (nSPS) is 13.4. The van der Waals surface area contributed by atoms with Crippen LogP contribution in [0.3, 0.4) is 0 Å². The van der Waals surface area contributed by atoms with Crippen LogP contribution in [0.5, 0.6) is 0 Å². The third-order valence-electron chi connectivity index (χ3n) is 2.56. The minimum Gasteiger partial charge on any atom is -0.480 e. The number of aliphatic carboxylic acids is 1. The Morgan fingerprint density at radius 1 is 1.59 bits per heavy atom. The number of nitrogens with zero attached hydrogens (tertiary/aromatic N) is 1. The van der Waals surface area contributed by atoms with Crippen LogP contribution in [-0.4, -0.2) is 26.8 Å². The summed E-state index contributed by atoms with van der Waals surface area (Å²) in [6, 6.07) is 1.17.